The summed E-state index contributed by atoms with van der Waals surface area (Å²) in [6.45, 7) is 2.84. The summed E-state index contributed by atoms with van der Waals surface area (Å²) in [6.07, 6.45) is 3.59. The van der Waals surface area contributed by atoms with E-state index < -0.39 is 0 Å². The first-order chi connectivity index (χ1) is 9.33. The molecule has 1 atom stereocenters. The maximum atomic E-state index is 6.06. The van der Waals surface area contributed by atoms with Gasteiger partial charge in [-0.3, -0.25) is 0 Å². The maximum absolute atomic E-state index is 6.06. The summed E-state index contributed by atoms with van der Waals surface area (Å²) >= 11 is 0. The van der Waals surface area contributed by atoms with Crippen LogP contribution in [-0.4, -0.2) is 13.7 Å². The van der Waals surface area contributed by atoms with Gasteiger partial charge in [0.2, 0.25) is 0 Å². The molecule has 1 aromatic carbocycles. The number of ether oxygens (including phenoxy) is 1. The molecule has 3 rings (SSSR count). The van der Waals surface area contributed by atoms with Crippen molar-refractivity contribution in [2.45, 2.75) is 32.2 Å². The number of rotatable bonds is 6. The zero-order chi connectivity index (χ0) is 13.2. The molecule has 1 heterocycles. The van der Waals surface area contributed by atoms with Gasteiger partial charge in [-0.2, -0.15) is 0 Å². The second-order valence-corrected chi connectivity index (χ2v) is 5.28. The monoisotopic (exact) mass is 259 g/mol. The Hall–Kier alpha value is -1.48. The number of fused-ring (bicyclic) bond motifs is 1. The van der Waals surface area contributed by atoms with E-state index in [0.29, 0.717) is 6.04 Å². The highest BCUT2D eigenvalue weighted by Crippen LogP contribution is 2.43. The van der Waals surface area contributed by atoms with Gasteiger partial charge in [0, 0.05) is 5.39 Å². The number of hydrogen-bond donors (Lipinski definition) is 1. The van der Waals surface area contributed by atoms with Crippen LogP contribution in [0.1, 0.15) is 38.0 Å². The molecule has 0 bridgehead atoms. The molecule has 3 heteroatoms. The average Bonchev–Trinajstić information content (AvgIpc) is 3.16. The van der Waals surface area contributed by atoms with E-state index in [9.17, 15) is 0 Å². The highest BCUT2D eigenvalue weighted by Gasteiger charge is 2.33. The molecule has 19 heavy (non-hydrogen) atoms. The molecule has 102 valence electrons. The minimum absolute atomic E-state index is 0.339. The van der Waals surface area contributed by atoms with Gasteiger partial charge in [0.15, 0.2) is 11.3 Å². The predicted octanol–water partition coefficient (Wildman–Crippen LogP) is 3.89. The van der Waals surface area contributed by atoms with Gasteiger partial charge in [-0.1, -0.05) is 19.1 Å². The van der Waals surface area contributed by atoms with E-state index in [4.69, 9.17) is 9.15 Å². The van der Waals surface area contributed by atoms with Crippen molar-refractivity contribution in [2.24, 2.45) is 5.92 Å². The van der Waals surface area contributed by atoms with E-state index in [1.54, 1.807) is 0 Å². The van der Waals surface area contributed by atoms with E-state index in [1.807, 2.05) is 19.2 Å². The smallest absolute Gasteiger partial charge is 0.176 e. The quantitative estimate of drug-likeness (QED) is 0.854. The molecule has 1 unspecified atom stereocenters. The number of benzene rings is 1. The Kier molecular flexibility index (Phi) is 3.47. The van der Waals surface area contributed by atoms with Crippen molar-refractivity contribution in [3.8, 4) is 5.75 Å². The standard InChI is InChI=1S/C16H21NO2/c1-3-9-18-13-6-4-5-12-10-14(19-16(12)13)15(17-2)11-7-8-11/h4-6,10-11,15,17H,3,7-9H2,1-2H3. The van der Waals surface area contributed by atoms with Crippen molar-refractivity contribution in [3.05, 3.63) is 30.0 Å². The Balaban J connectivity index is 1.94. The average molecular weight is 259 g/mol. The molecule has 1 aliphatic rings. The van der Waals surface area contributed by atoms with Crippen LogP contribution >= 0.6 is 0 Å². The molecule has 1 aromatic heterocycles. The molecule has 0 aliphatic heterocycles. The van der Waals surface area contributed by atoms with E-state index in [2.05, 4.69) is 24.4 Å². The van der Waals surface area contributed by atoms with Crippen molar-refractivity contribution >= 4 is 11.0 Å². The molecule has 1 aliphatic carbocycles. The van der Waals surface area contributed by atoms with Gasteiger partial charge < -0.3 is 14.5 Å². The minimum Gasteiger partial charge on any atom is -0.490 e. The van der Waals surface area contributed by atoms with Crippen LogP contribution in [-0.2, 0) is 0 Å². The normalized spacial score (nSPS) is 16.7. The fourth-order valence-electron chi connectivity index (χ4n) is 2.58. The summed E-state index contributed by atoms with van der Waals surface area (Å²) in [5.41, 5.74) is 0.881. The lowest BCUT2D eigenvalue weighted by molar-refractivity contribution is 0.314. The summed E-state index contributed by atoms with van der Waals surface area (Å²) in [4.78, 5) is 0. The van der Waals surface area contributed by atoms with Gasteiger partial charge in [0.05, 0.1) is 12.6 Å². The zero-order valence-electron chi connectivity index (χ0n) is 11.6. The van der Waals surface area contributed by atoms with Gasteiger partial charge in [0.1, 0.15) is 5.76 Å². The fraction of sp³-hybridized carbons (Fsp3) is 0.500. The van der Waals surface area contributed by atoms with Gasteiger partial charge in [-0.05, 0) is 44.4 Å². The predicted molar refractivity (Wildman–Crippen MR) is 76.5 cm³/mol. The maximum Gasteiger partial charge on any atom is 0.176 e. The third-order valence-electron chi connectivity index (χ3n) is 3.70. The van der Waals surface area contributed by atoms with Crippen molar-refractivity contribution in [3.63, 3.8) is 0 Å². The SMILES string of the molecule is CCCOc1cccc2cc(C(NC)C3CC3)oc12. The molecule has 1 fully saturated rings. The summed E-state index contributed by atoms with van der Waals surface area (Å²) in [6, 6.07) is 8.58. The molecule has 2 aromatic rings. The molecular weight excluding hydrogens is 238 g/mol. The van der Waals surface area contributed by atoms with Gasteiger partial charge in [-0.25, -0.2) is 0 Å². The first-order valence-corrected chi connectivity index (χ1v) is 7.16. The van der Waals surface area contributed by atoms with Crippen LogP contribution in [0.15, 0.2) is 28.7 Å². The van der Waals surface area contributed by atoms with Crippen molar-refractivity contribution < 1.29 is 9.15 Å². The molecule has 3 nitrogen and oxygen atoms in total. The van der Waals surface area contributed by atoms with Crippen LogP contribution in [0.2, 0.25) is 0 Å². The number of furan rings is 1. The molecule has 1 N–H and O–H groups in total. The second-order valence-electron chi connectivity index (χ2n) is 5.28. The molecule has 0 spiro atoms. The molecule has 0 amide bonds. The van der Waals surface area contributed by atoms with Gasteiger partial charge in [-0.15, -0.1) is 0 Å². The van der Waals surface area contributed by atoms with Crippen molar-refractivity contribution in [1.29, 1.82) is 0 Å². The number of hydrogen-bond acceptors (Lipinski definition) is 3. The number of para-hydroxylation sites is 1. The van der Waals surface area contributed by atoms with Crippen LogP contribution in [0, 0.1) is 5.92 Å². The lowest BCUT2D eigenvalue weighted by Gasteiger charge is -2.11. The van der Waals surface area contributed by atoms with Crippen molar-refractivity contribution in [1.82, 2.24) is 5.32 Å². The zero-order valence-corrected chi connectivity index (χ0v) is 11.6. The van der Waals surface area contributed by atoms with E-state index in [-0.39, 0.29) is 0 Å². The van der Waals surface area contributed by atoms with Crippen LogP contribution < -0.4 is 10.1 Å². The number of nitrogens with one attached hydrogen (secondary N) is 1. The summed E-state index contributed by atoms with van der Waals surface area (Å²) in [7, 11) is 2.00. The van der Waals surface area contributed by atoms with Crippen LogP contribution in [0.4, 0.5) is 0 Å². The Morgan fingerprint density at radius 1 is 1.42 bits per heavy atom. The third kappa shape index (κ3) is 2.47. The Bertz CT molecular complexity index is 557. The first kappa shape index (κ1) is 12.5. The van der Waals surface area contributed by atoms with Gasteiger partial charge in [0.25, 0.3) is 0 Å². The highest BCUT2D eigenvalue weighted by atomic mass is 16.5. The Morgan fingerprint density at radius 2 is 2.26 bits per heavy atom. The third-order valence-corrected chi connectivity index (χ3v) is 3.70. The van der Waals surface area contributed by atoms with Crippen molar-refractivity contribution in [2.75, 3.05) is 13.7 Å². The summed E-state index contributed by atoms with van der Waals surface area (Å²) in [5, 5.41) is 4.50. The molecule has 0 saturated heterocycles. The Morgan fingerprint density at radius 3 is 2.95 bits per heavy atom. The minimum atomic E-state index is 0.339. The second kappa shape index (κ2) is 5.25. The molecule has 0 radical (unpaired) electrons. The summed E-state index contributed by atoms with van der Waals surface area (Å²) < 4.78 is 11.8. The van der Waals surface area contributed by atoms with E-state index >= 15 is 0 Å². The van der Waals surface area contributed by atoms with Crippen LogP contribution in [0.25, 0.3) is 11.0 Å². The van der Waals surface area contributed by atoms with E-state index in [0.717, 1.165) is 41.4 Å². The molecule has 1 saturated carbocycles. The highest BCUT2D eigenvalue weighted by molar-refractivity contribution is 5.83. The fourth-order valence-corrected chi connectivity index (χ4v) is 2.58. The summed E-state index contributed by atoms with van der Waals surface area (Å²) in [5.74, 6) is 2.62. The topological polar surface area (TPSA) is 34.4 Å². The van der Waals surface area contributed by atoms with Crippen LogP contribution in [0.3, 0.4) is 0 Å². The van der Waals surface area contributed by atoms with Crippen LogP contribution in [0.5, 0.6) is 5.75 Å². The first-order valence-electron chi connectivity index (χ1n) is 7.16. The molecular formula is C16H21NO2. The van der Waals surface area contributed by atoms with E-state index in [1.165, 1.54) is 12.8 Å². The largest absolute Gasteiger partial charge is 0.490 e. The lowest BCUT2D eigenvalue weighted by atomic mass is 10.1. The Labute approximate surface area is 113 Å². The van der Waals surface area contributed by atoms with Gasteiger partial charge >= 0.3 is 0 Å². The lowest BCUT2D eigenvalue weighted by Crippen LogP contribution is -2.17.